The molecule has 0 N–H and O–H groups in total. The predicted molar refractivity (Wildman–Crippen MR) is 230 cm³/mol. The Morgan fingerprint density at radius 2 is 0.839 bits per heavy atom. The standard InChI is InChI=1S/C52H36N2O2/c1-33-16-20-36(21-17-33)40-24-27-42-43-28-25-41(37-22-18-34(2)19-23-37)32-49(43)53(48(42)31-40)47-15-9-14-44-50(47)52(56)54(51(44)55)46-29-26-39(35-10-5-3-6-11-35)30-45(46)38-12-7-4-8-13-38/h3-32H,1-2H3. The fourth-order valence-corrected chi connectivity index (χ4v) is 8.19. The lowest BCUT2D eigenvalue weighted by atomic mass is 9.97. The predicted octanol–water partition coefficient (Wildman–Crippen LogP) is 12.9. The maximum absolute atomic E-state index is 15.1. The number of aryl methyl sites for hydroxylation is 2. The van der Waals surface area contributed by atoms with E-state index in [1.807, 2.05) is 72.8 Å². The van der Waals surface area contributed by atoms with Crippen LogP contribution >= 0.6 is 0 Å². The number of amides is 2. The fraction of sp³-hybridized carbons (Fsp3) is 0.0385. The number of aromatic nitrogens is 1. The highest BCUT2D eigenvalue weighted by Crippen LogP contribution is 2.43. The molecule has 4 nitrogen and oxygen atoms in total. The molecule has 8 aromatic carbocycles. The van der Waals surface area contributed by atoms with E-state index in [1.54, 1.807) is 6.07 Å². The van der Waals surface area contributed by atoms with Crippen LogP contribution in [0.5, 0.6) is 0 Å². The molecule has 4 heteroatoms. The molecule has 56 heavy (non-hydrogen) atoms. The number of benzene rings is 8. The molecule has 2 heterocycles. The lowest BCUT2D eigenvalue weighted by molar-refractivity contribution is 0.0926. The molecule has 0 fully saturated rings. The van der Waals surface area contributed by atoms with Gasteiger partial charge in [0.25, 0.3) is 11.8 Å². The molecule has 2 amide bonds. The Morgan fingerprint density at radius 3 is 1.41 bits per heavy atom. The average molecular weight is 721 g/mol. The summed E-state index contributed by atoms with van der Waals surface area (Å²) >= 11 is 0. The van der Waals surface area contributed by atoms with E-state index in [-0.39, 0.29) is 11.8 Å². The smallest absolute Gasteiger partial charge is 0.268 e. The van der Waals surface area contributed by atoms with Gasteiger partial charge in [0.05, 0.1) is 33.5 Å². The lowest BCUT2D eigenvalue weighted by Gasteiger charge is -2.20. The van der Waals surface area contributed by atoms with E-state index in [0.29, 0.717) is 22.5 Å². The van der Waals surface area contributed by atoms with Crippen LogP contribution in [0.4, 0.5) is 5.69 Å². The SMILES string of the molecule is Cc1ccc(-c2ccc3c4ccc(-c5ccc(C)cc5)cc4n(-c4cccc5c4C(=O)N(c4ccc(-c6ccccc6)cc4-c4ccccc4)C5=O)c3c2)cc1. The molecule has 0 saturated carbocycles. The molecule has 0 unspecified atom stereocenters. The summed E-state index contributed by atoms with van der Waals surface area (Å²) < 4.78 is 2.18. The van der Waals surface area contributed by atoms with Crippen LogP contribution in [-0.4, -0.2) is 16.4 Å². The van der Waals surface area contributed by atoms with Gasteiger partial charge in [-0.3, -0.25) is 9.59 Å². The van der Waals surface area contributed by atoms with Crippen molar-refractivity contribution in [1.82, 2.24) is 4.57 Å². The van der Waals surface area contributed by atoms with E-state index < -0.39 is 0 Å². The Morgan fingerprint density at radius 1 is 0.357 bits per heavy atom. The van der Waals surface area contributed by atoms with Crippen LogP contribution in [0.25, 0.3) is 72.0 Å². The molecule has 0 saturated heterocycles. The van der Waals surface area contributed by atoms with Gasteiger partial charge in [0.15, 0.2) is 0 Å². The highest BCUT2D eigenvalue weighted by molar-refractivity contribution is 6.36. The Hall–Kier alpha value is -7.30. The number of carbonyl (C=O) groups excluding carboxylic acids is 2. The Balaban J connectivity index is 1.19. The second-order valence-corrected chi connectivity index (χ2v) is 14.6. The largest absolute Gasteiger partial charge is 0.308 e. The lowest BCUT2D eigenvalue weighted by Crippen LogP contribution is -2.30. The van der Waals surface area contributed by atoms with Crippen molar-refractivity contribution in [2.45, 2.75) is 13.8 Å². The van der Waals surface area contributed by atoms with E-state index in [9.17, 15) is 4.79 Å². The van der Waals surface area contributed by atoms with Crippen molar-refractivity contribution in [3.8, 4) is 50.2 Å². The Labute approximate surface area is 325 Å². The molecule has 0 spiro atoms. The van der Waals surface area contributed by atoms with Gasteiger partial charge >= 0.3 is 0 Å². The van der Waals surface area contributed by atoms with Gasteiger partial charge in [0, 0.05) is 16.3 Å². The Kier molecular flexibility index (Phi) is 7.86. The van der Waals surface area contributed by atoms with Crippen molar-refractivity contribution in [3.63, 3.8) is 0 Å². The number of rotatable bonds is 6. The number of carbonyl (C=O) groups is 2. The van der Waals surface area contributed by atoms with Crippen LogP contribution < -0.4 is 4.90 Å². The highest BCUT2D eigenvalue weighted by atomic mass is 16.2. The average Bonchev–Trinajstić information content (AvgIpc) is 3.71. The summed E-state index contributed by atoms with van der Waals surface area (Å²) in [5.74, 6) is -0.678. The number of nitrogens with zero attached hydrogens (tertiary/aromatic N) is 2. The zero-order valence-electron chi connectivity index (χ0n) is 31.0. The van der Waals surface area contributed by atoms with Crippen LogP contribution in [0, 0.1) is 13.8 Å². The Bertz CT molecular complexity index is 2890. The maximum atomic E-state index is 15.1. The third kappa shape index (κ3) is 5.46. The number of hydrogen-bond donors (Lipinski definition) is 0. The van der Waals surface area contributed by atoms with Crippen molar-refractivity contribution in [2.24, 2.45) is 0 Å². The van der Waals surface area contributed by atoms with Crippen molar-refractivity contribution < 1.29 is 9.59 Å². The van der Waals surface area contributed by atoms with Gasteiger partial charge in [-0.25, -0.2) is 4.90 Å². The highest BCUT2D eigenvalue weighted by Gasteiger charge is 2.40. The van der Waals surface area contributed by atoms with Gasteiger partial charge < -0.3 is 4.57 Å². The molecule has 0 aliphatic carbocycles. The van der Waals surface area contributed by atoms with Crippen molar-refractivity contribution in [2.75, 3.05) is 4.90 Å². The number of fused-ring (bicyclic) bond motifs is 4. The van der Waals surface area contributed by atoms with Crippen LogP contribution in [0.2, 0.25) is 0 Å². The molecule has 9 aromatic rings. The topological polar surface area (TPSA) is 42.3 Å². The van der Waals surface area contributed by atoms with Gasteiger partial charge in [-0.15, -0.1) is 0 Å². The molecule has 0 atom stereocenters. The summed E-state index contributed by atoms with van der Waals surface area (Å²) in [6.07, 6.45) is 0. The quantitative estimate of drug-likeness (QED) is 0.161. The zero-order chi connectivity index (χ0) is 37.9. The van der Waals surface area contributed by atoms with E-state index >= 15 is 4.79 Å². The summed E-state index contributed by atoms with van der Waals surface area (Å²) in [5, 5.41) is 2.14. The molecule has 1 aliphatic heterocycles. The van der Waals surface area contributed by atoms with Gasteiger partial charge in [-0.2, -0.15) is 0 Å². The third-order valence-electron chi connectivity index (χ3n) is 11.1. The van der Waals surface area contributed by atoms with Gasteiger partial charge in [-0.05, 0) is 89.2 Å². The van der Waals surface area contributed by atoms with Gasteiger partial charge in [-0.1, -0.05) is 157 Å². The molecule has 10 rings (SSSR count). The van der Waals surface area contributed by atoms with Crippen molar-refractivity contribution >= 4 is 39.3 Å². The van der Waals surface area contributed by atoms with Gasteiger partial charge in [0.1, 0.15) is 0 Å². The first-order chi connectivity index (χ1) is 27.4. The first-order valence-electron chi connectivity index (χ1n) is 18.9. The second-order valence-electron chi connectivity index (χ2n) is 14.6. The number of anilines is 1. The van der Waals surface area contributed by atoms with E-state index in [4.69, 9.17) is 0 Å². The summed E-state index contributed by atoms with van der Waals surface area (Å²) in [7, 11) is 0. The monoisotopic (exact) mass is 720 g/mol. The molecule has 266 valence electrons. The summed E-state index contributed by atoms with van der Waals surface area (Å²) in [5.41, 5.74) is 14.5. The molecular formula is C52H36N2O2. The van der Waals surface area contributed by atoms with Crippen LogP contribution in [0.15, 0.2) is 182 Å². The third-order valence-corrected chi connectivity index (χ3v) is 11.1. The molecule has 0 bridgehead atoms. The van der Waals surface area contributed by atoms with E-state index in [2.05, 4.69) is 122 Å². The van der Waals surface area contributed by atoms with Crippen LogP contribution in [0.1, 0.15) is 31.8 Å². The van der Waals surface area contributed by atoms with Gasteiger partial charge in [0.2, 0.25) is 0 Å². The van der Waals surface area contributed by atoms with Crippen LogP contribution in [0.3, 0.4) is 0 Å². The first-order valence-corrected chi connectivity index (χ1v) is 18.9. The minimum absolute atomic E-state index is 0.335. The molecule has 0 radical (unpaired) electrons. The zero-order valence-corrected chi connectivity index (χ0v) is 31.0. The second kappa shape index (κ2) is 13.2. The summed E-state index contributed by atoms with van der Waals surface area (Å²) in [6.45, 7) is 4.18. The minimum atomic E-state index is -0.343. The summed E-state index contributed by atoms with van der Waals surface area (Å²) in [4.78, 5) is 31.1. The van der Waals surface area contributed by atoms with E-state index in [1.165, 1.54) is 16.0 Å². The molecule has 1 aromatic heterocycles. The number of hydrogen-bond acceptors (Lipinski definition) is 2. The maximum Gasteiger partial charge on any atom is 0.268 e. The van der Waals surface area contributed by atoms with Crippen molar-refractivity contribution in [3.05, 3.63) is 204 Å². The summed E-state index contributed by atoms with van der Waals surface area (Å²) in [6, 6.07) is 62.0. The molecule has 1 aliphatic rings. The van der Waals surface area contributed by atoms with E-state index in [0.717, 1.165) is 66.3 Å². The minimum Gasteiger partial charge on any atom is -0.308 e. The number of imide groups is 1. The fourth-order valence-electron chi connectivity index (χ4n) is 8.19. The first kappa shape index (κ1) is 33.3. The normalized spacial score (nSPS) is 12.5. The molecular weight excluding hydrogens is 685 g/mol. The van der Waals surface area contributed by atoms with Crippen molar-refractivity contribution in [1.29, 1.82) is 0 Å². The van der Waals surface area contributed by atoms with Crippen LogP contribution in [-0.2, 0) is 0 Å².